The van der Waals surface area contributed by atoms with Crippen LogP contribution >= 0.6 is 0 Å². The Balaban J connectivity index is 1.66. The van der Waals surface area contributed by atoms with Crippen molar-refractivity contribution in [3.8, 4) is 0 Å². The number of sulfone groups is 1. The number of hydrogen-bond acceptors (Lipinski definition) is 6. The van der Waals surface area contributed by atoms with Crippen LogP contribution in [-0.4, -0.2) is 45.5 Å². The van der Waals surface area contributed by atoms with E-state index in [4.69, 9.17) is 0 Å². The molecule has 1 aliphatic rings. The van der Waals surface area contributed by atoms with Crippen molar-refractivity contribution in [2.75, 3.05) is 24.2 Å². The highest BCUT2D eigenvalue weighted by Crippen LogP contribution is 2.29. The number of nitrogens with one attached hydrogen (secondary N) is 2. The SMILES string of the molecule is Cc1ccccc1S(=O)(=O)CCCC(=O)CC(NC(=O)c1ccc(N(C)CCC(C)C)c([NH+]=O)c1)C1CCCCC1. The van der Waals surface area contributed by atoms with E-state index in [1.165, 1.54) is 0 Å². The summed E-state index contributed by atoms with van der Waals surface area (Å²) >= 11 is 0. The Bertz CT molecular complexity index is 1300. The van der Waals surface area contributed by atoms with Crippen molar-refractivity contribution < 1.29 is 23.2 Å². The third kappa shape index (κ3) is 9.48. The molecule has 1 unspecified atom stereocenters. The van der Waals surface area contributed by atoms with Crippen LogP contribution in [0.4, 0.5) is 11.4 Å². The zero-order valence-electron chi connectivity index (χ0n) is 24.9. The first kappa shape index (κ1) is 32.4. The van der Waals surface area contributed by atoms with E-state index in [1.807, 2.05) is 17.1 Å². The molecule has 2 aromatic rings. The number of benzene rings is 2. The Morgan fingerprint density at radius 2 is 1.78 bits per heavy atom. The molecule has 1 atom stereocenters. The first-order valence-electron chi connectivity index (χ1n) is 14.9. The molecule has 1 amide bonds. The number of nitrogens with zero attached hydrogens (tertiary/aromatic N) is 1. The number of carbonyl (C=O) groups excluding carboxylic acids is 2. The maximum Gasteiger partial charge on any atom is 0.277 e. The summed E-state index contributed by atoms with van der Waals surface area (Å²) in [6, 6.07) is 11.6. The third-order valence-electron chi connectivity index (χ3n) is 8.10. The summed E-state index contributed by atoms with van der Waals surface area (Å²) in [7, 11) is -1.55. The molecule has 1 fully saturated rings. The van der Waals surface area contributed by atoms with Crippen molar-refractivity contribution in [3.63, 3.8) is 0 Å². The third-order valence-corrected chi connectivity index (χ3v) is 10.1. The molecule has 0 aliphatic heterocycles. The van der Waals surface area contributed by atoms with Gasteiger partial charge in [0, 0.05) is 54.2 Å². The molecule has 9 heteroatoms. The molecule has 1 aliphatic carbocycles. The Kier molecular flexibility index (Phi) is 12.1. The highest BCUT2D eigenvalue weighted by Gasteiger charge is 2.28. The molecule has 1 saturated carbocycles. The van der Waals surface area contributed by atoms with Crippen molar-refractivity contribution in [2.24, 2.45) is 11.8 Å². The number of rotatable bonds is 15. The van der Waals surface area contributed by atoms with Crippen LogP contribution in [0, 0.1) is 23.7 Å². The quantitative estimate of drug-likeness (QED) is 0.309. The molecule has 41 heavy (non-hydrogen) atoms. The van der Waals surface area contributed by atoms with E-state index in [0.717, 1.165) is 50.8 Å². The summed E-state index contributed by atoms with van der Waals surface area (Å²) in [5, 5.41) is 5.08. The summed E-state index contributed by atoms with van der Waals surface area (Å²) in [5.41, 5.74) is 2.13. The molecule has 224 valence electrons. The van der Waals surface area contributed by atoms with E-state index >= 15 is 0 Å². The first-order valence-corrected chi connectivity index (χ1v) is 16.5. The van der Waals surface area contributed by atoms with Gasteiger partial charge in [0.15, 0.2) is 9.84 Å². The van der Waals surface area contributed by atoms with Gasteiger partial charge in [0.25, 0.3) is 11.6 Å². The summed E-state index contributed by atoms with van der Waals surface area (Å²) in [4.78, 5) is 40.4. The standard InChI is InChI=1S/C32H45N3O5S/c1-23(2)18-19-35(4)30-17-16-26(21-29(30)34-38)32(37)33-28(25-12-6-5-7-13-25)22-27(36)14-10-20-41(39,40)31-15-9-8-11-24(31)3/h8-9,11,15-17,21,23,25,28H,5-7,10,12-14,18-20,22H2,1-4H3,(H,33,37)/p+1. The lowest BCUT2D eigenvalue weighted by atomic mass is 9.81. The number of nitroso groups, excluding NO2 is 1. The minimum Gasteiger partial charge on any atom is -0.369 e. The van der Waals surface area contributed by atoms with Crippen LogP contribution in [0.15, 0.2) is 47.4 Å². The summed E-state index contributed by atoms with van der Waals surface area (Å²) < 4.78 is 25.6. The lowest BCUT2D eigenvalue weighted by molar-refractivity contribution is -0.378. The Hall–Kier alpha value is -3.07. The van der Waals surface area contributed by atoms with Gasteiger partial charge in [0.1, 0.15) is 11.5 Å². The lowest BCUT2D eigenvalue weighted by Gasteiger charge is -2.30. The summed E-state index contributed by atoms with van der Waals surface area (Å²) in [6.07, 6.45) is 6.67. The van der Waals surface area contributed by atoms with Crippen molar-refractivity contribution >= 4 is 32.9 Å². The van der Waals surface area contributed by atoms with Crippen LogP contribution in [0.1, 0.15) is 87.6 Å². The maximum absolute atomic E-state index is 13.3. The monoisotopic (exact) mass is 584 g/mol. The van der Waals surface area contributed by atoms with Gasteiger partial charge in [-0.25, -0.2) is 8.42 Å². The average molecular weight is 585 g/mol. The number of anilines is 1. The molecule has 0 bridgehead atoms. The van der Waals surface area contributed by atoms with Crippen molar-refractivity contribution in [1.82, 2.24) is 5.32 Å². The van der Waals surface area contributed by atoms with Gasteiger partial charge in [-0.3, -0.25) is 9.59 Å². The number of aryl methyl sites for hydroxylation is 1. The van der Waals surface area contributed by atoms with E-state index in [2.05, 4.69) is 19.2 Å². The molecule has 0 aromatic heterocycles. The van der Waals surface area contributed by atoms with Crippen molar-refractivity contribution in [3.05, 3.63) is 58.5 Å². The van der Waals surface area contributed by atoms with Gasteiger partial charge in [0.2, 0.25) is 0 Å². The predicted molar refractivity (Wildman–Crippen MR) is 163 cm³/mol. The number of ketones is 1. The number of hydrogen-bond donors (Lipinski definition) is 2. The van der Waals surface area contributed by atoms with Crippen LogP contribution in [0.3, 0.4) is 0 Å². The smallest absolute Gasteiger partial charge is 0.277 e. The molecule has 2 N–H and O–H groups in total. The fourth-order valence-corrected chi connectivity index (χ4v) is 7.20. The molecule has 0 saturated heterocycles. The van der Waals surface area contributed by atoms with Gasteiger partial charge in [-0.15, -0.1) is 0 Å². The van der Waals surface area contributed by atoms with Crippen LogP contribution in [0.2, 0.25) is 0 Å². The Labute approximate surface area is 245 Å². The van der Waals surface area contributed by atoms with Crippen molar-refractivity contribution in [2.45, 2.75) is 89.5 Å². The van der Waals surface area contributed by atoms with Crippen LogP contribution in [0.5, 0.6) is 0 Å². The van der Waals surface area contributed by atoms with Gasteiger partial charge in [-0.1, -0.05) is 51.3 Å². The first-order chi connectivity index (χ1) is 19.5. The van der Waals surface area contributed by atoms with E-state index < -0.39 is 9.84 Å². The number of amides is 1. The van der Waals surface area contributed by atoms with Gasteiger partial charge >= 0.3 is 0 Å². The molecule has 2 aromatic carbocycles. The molecular formula is C32H46N3O5S+. The van der Waals surface area contributed by atoms with Gasteiger partial charge in [-0.2, -0.15) is 0 Å². The van der Waals surface area contributed by atoms with Gasteiger partial charge < -0.3 is 10.2 Å². The molecule has 0 spiro atoms. The number of Topliss-reactive ketones (excluding diaryl/α,β-unsaturated/α-hetero) is 1. The summed E-state index contributed by atoms with van der Waals surface area (Å²) in [5.74, 6) is 0.259. The normalized spacial score (nSPS) is 15.0. The highest BCUT2D eigenvalue weighted by molar-refractivity contribution is 7.91. The number of carbonyl (C=O) groups is 2. The molecule has 0 radical (unpaired) electrons. The van der Waals surface area contributed by atoms with Crippen molar-refractivity contribution in [1.29, 1.82) is 0 Å². The predicted octanol–water partition coefficient (Wildman–Crippen LogP) is 4.85. The average Bonchev–Trinajstić information content (AvgIpc) is 2.95. The fourth-order valence-electron chi connectivity index (χ4n) is 5.61. The highest BCUT2D eigenvalue weighted by atomic mass is 32.2. The zero-order valence-corrected chi connectivity index (χ0v) is 25.8. The molecule has 8 nitrogen and oxygen atoms in total. The van der Waals surface area contributed by atoms with Crippen LogP contribution in [0.25, 0.3) is 0 Å². The molecular weight excluding hydrogens is 538 g/mol. The second-order valence-electron chi connectivity index (χ2n) is 11.8. The maximum atomic E-state index is 13.3. The van der Waals surface area contributed by atoms with Gasteiger partial charge in [0.05, 0.1) is 10.6 Å². The minimum absolute atomic E-state index is 0.0510. The van der Waals surface area contributed by atoms with Crippen LogP contribution < -0.4 is 15.4 Å². The van der Waals surface area contributed by atoms with E-state index in [-0.39, 0.29) is 48.7 Å². The summed E-state index contributed by atoms with van der Waals surface area (Å²) in [6.45, 7) is 6.85. The molecule has 0 heterocycles. The fraction of sp³-hybridized carbons (Fsp3) is 0.562. The minimum atomic E-state index is -3.47. The van der Waals surface area contributed by atoms with E-state index in [0.29, 0.717) is 27.6 Å². The van der Waals surface area contributed by atoms with E-state index in [9.17, 15) is 22.9 Å². The molecule has 3 rings (SSSR count). The second kappa shape index (κ2) is 15.2. The zero-order chi connectivity index (χ0) is 30.0. The van der Waals surface area contributed by atoms with E-state index in [1.54, 1.807) is 49.4 Å². The second-order valence-corrected chi connectivity index (χ2v) is 13.9. The lowest BCUT2D eigenvalue weighted by Crippen LogP contribution is -2.56. The van der Waals surface area contributed by atoms with Crippen LogP contribution in [-0.2, 0) is 14.6 Å². The Morgan fingerprint density at radius 3 is 2.44 bits per heavy atom. The van der Waals surface area contributed by atoms with Gasteiger partial charge in [-0.05, 0) is 68.2 Å². The topological polar surface area (TPSA) is 115 Å². The largest absolute Gasteiger partial charge is 0.369 e. The Morgan fingerprint density at radius 1 is 1.07 bits per heavy atom.